The van der Waals surface area contributed by atoms with Crippen molar-refractivity contribution in [1.82, 2.24) is 21.2 Å². The SMILES string of the molecule is CN=C(NNN)SCC1=C(C(=O)O)N2C(=O)C(NC(=O)C(O)c3ccccc3)C2SC1. The normalized spacial score (nSPS) is 21.8. The summed E-state index contributed by atoms with van der Waals surface area (Å²) in [6, 6.07) is 7.44. The number of aliphatic carboxylic acids is 1. The van der Waals surface area contributed by atoms with Gasteiger partial charge in [0.25, 0.3) is 11.8 Å². The molecule has 0 aliphatic carbocycles. The predicted octanol–water partition coefficient (Wildman–Crippen LogP) is -0.854. The summed E-state index contributed by atoms with van der Waals surface area (Å²) in [4.78, 5) is 42.2. The number of hydrogen-bond donors (Lipinski definition) is 6. The van der Waals surface area contributed by atoms with E-state index in [0.29, 0.717) is 22.1 Å². The van der Waals surface area contributed by atoms with Crippen LogP contribution in [0.5, 0.6) is 0 Å². The van der Waals surface area contributed by atoms with Gasteiger partial charge >= 0.3 is 5.97 Å². The van der Waals surface area contributed by atoms with Crippen molar-refractivity contribution in [1.29, 1.82) is 0 Å². The van der Waals surface area contributed by atoms with Crippen molar-refractivity contribution in [2.24, 2.45) is 10.8 Å². The lowest BCUT2D eigenvalue weighted by molar-refractivity contribution is -0.151. The molecule has 1 aromatic rings. The molecular weight excluding hydrogens is 444 g/mol. The molecule has 7 N–H and O–H groups in total. The Morgan fingerprint density at radius 2 is 2.10 bits per heavy atom. The summed E-state index contributed by atoms with van der Waals surface area (Å²) in [6.07, 6.45) is -1.42. The van der Waals surface area contributed by atoms with E-state index in [2.05, 4.69) is 21.3 Å². The van der Waals surface area contributed by atoms with Crippen molar-refractivity contribution in [2.45, 2.75) is 17.5 Å². The second-order valence-corrected chi connectivity index (χ2v) is 8.62. The van der Waals surface area contributed by atoms with Gasteiger partial charge in [-0.3, -0.25) is 30.7 Å². The minimum atomic E-state index is -1.42. The Kier molecular flexibility index (Phi) is 7.56. The number of aliphatic hydroxyl groups is 1. The molecule has 2 aliphatic heterocycles. The molecule has 1 fully saturated rings. The molecule has 0 spiro atoms. The highest BCUT2D eigenvalue weighted by molar-refractivity contribution is 8.14. The van der Waals surface area contributed by atoms with Crippen LogP contribution in [0.4, 0.5) is 0 Å². The van der Waals surface area contributed by atoms with Crippen LogP contribution >= 0.6 is 23.5 Å². The average molecular weight is 467 g/mol. The van der Waals surface area contributed by atoms with Crippen molar-refractivity contribution in [3.63, 3.8) is 0 Å². The lowest BCUT2D eigenvalue weighted by Crippen LogP contribution is -2.70. The molecule has 2 amide bonds. The highest BCUT2D eigenvalue weighted by atomic mass is 32.2. The highest BCUT2D eigenvalue weighted by Crippen LogP contribution is 2.41. The molecule has 166 valence electrons. The molecule has 1 saturated heterocycles. The topological polar surface area (TPSA) is 169 Å². The number of thioether (sulfide) groups is 2. The first-order chi connectivity index (χ1) is 14.9. The molecule has 0 saturated carbocycles. The number of carboxylic acid groups (broad SMARTS) is 1. The number of β-lactam (4-membered cyclic amide) rings is 1. The second kappa shape index (κ2) is 10.2. The molecule has 31 heavy (non-hydrogen) atoms. The van der Waals surface area contributed by atoms with Crippen LogP contribution in [0.1, 0.15) is 11.7 Å². The number of benzene rings is 1. The molecule has 0 radical (unpaired) electrons. The number of nitrogens with one attached hydrogen (secondary N) is 3. The maximum absolute atomic E-state index is 12.7. The van der Waals surface area contributed by atoms with E-state index in [-0.39, 0.29) is 11.4 Å². The fourth-order valence-corrected chi connectivity index (χ4v) is 5.47. The number of amidine groups is 1. The van der Waals surface area contributed by atoms with E-state index in [9.17, 15) is 24.6 Å². The number of carbonyl (C=O) groups excluding carboxylic acids is 2. The van der Waals surface area contributed by atoms with Crippen molar-refractivity contribution < 1.29 is 24.6 Å². The first-order valence-electron chi connectivity index (χ1n) is 9.13. The summed E-state index contributed by atoms with van der Waals surface area (Å²) >= 11 is 2.59. The third kappa shape index (κ3) is 4.85. The smallest absolute Gasteiger partial charge is 0.352 e. The molecule has 3 unspecified atom stereocenters. The Bertz CT molecular complexity index is 925. The fourth-order valence-electron chi connectivity index (χ4n) is 3.19. The van der Waals surface area contributed by atoms with E-state index in [0.717, 1.165) is 0 Å². The maximum Gasteiger partial charge on any atom is 0.352 e. The molecule has 13 heteroatoms. The molecule has 1 aromatic carbocycles. The van der Waals surface area contributed by atoms with Gasteiger partial charge in [-0.15, -0.1) is 11.8 Å². The minimum Gasteiger partial charge on any atom is -0.477 e. The van der Waals surface area contributed by atoms with Crippen LogP contribution in [0.25, 0.3) is 0 Å². The Morgan fingerprint density at radius 3 is 2.71 bits per heavy atom. The third-order valence-electron chi connectivity index (χ3n) is 4.68. The van der Waals surface area contributed by atoms with Crippen molar-refractivity contribution in [2.75, 3.05) is 18.6 Å². The van der Waals surface area contributed by atoms with Crippen LogP contribution < -0.4 is 22.1 Å². The Morgan fingerprint density at radius 1 is 1.39 bits per heavy atom. The third-order valence-corrected chi connectivity index (χ3v) is 7.07. The zero-order chi connectivity index (χ0) is 22.5. The predicted molar refractivity (Wildman–Crippen MR) is 117 cm³/mol. The van der Waals surface area contributed by atoms with E-state index in [1.807, 2.05) is 0 Å². The van der Waals surface area contributed by atoms with Gasteiger partial charge in [-0.2, -0.15) is 5.53 Å². The van der Waals surface area contributed by atoms with Crippen LogP contribution in [0.15, 0.2) is 46.6 Å². The van der Waals surface area contributed by atoms with Gasteiger partial charge in [0.05, 0.1) is 0 Å². The van der Waals surface area contributed by atoms with Gasteiger partial charge in [0.1, 0.15) is 17.1 Å². The molecule has 2 heterocycles. The number of amides is 2. The lowest BCUT2D eigenvalue weighted by atomic mass is 10.0. The highest BCUT2D eigenvalue weighted by Gasteiger charge is 2.54. The molecule has 0 aromatic heterocycles. The summed E-state index contributed by atoms with van der Waals surface area (Å²) in [5.41, 5.74) is 5.75. The van der Waals surface area contributed by atoms with Crippen LogP contribution in [0.3, 0.4) is 0 Å². The first kappa shape index (κ1) is 23.1. The van der Waals surface area contributed by atoms with Gasteiger partial charge in [0.2, 0.25) is 0 Å². The largest absolute Gasteiger partial charge is 0.477 e. The number of rotatable bonds is 7. The van der Waals surface area contributed by atoms with E-state index >= 15 is 0 Å². The number of hydrogen-bond acceptors (Lipinski definition) is 9. The quantitative estimate of drug-likeness (QED) is 0.0978. The number of carboxylic acids is 1. The molecule has 3 atom stereocenters. The van der Waals surface area contributed by atoms with E-state index in [1.54, 1.807) is 37.4 Å². The van der Waals surface area contributed by atoms with Gasteiger partial charge in [0, 0.05) is 18.6 Å². The first-order valence-corrected chi connectivity index (χ1v) is 11.2. The van der Waals surface area contributed by atoms with E-state index in [1.165, 1.54) is 28.4 Å². The zero-order valence-corrected chi connectivity index (χ0v) is 18.1. The van der Waals surface area contributed by atoms with Crippen LogP contribution in [-0.4, -0.2) is 68.0 Å². The summed E-state index contributed by atoms with van der Waals surface area (Å²) in [5.74, 6) is 3.39. The van der Waals surface area contributed by atoms with Crippen molar-refractivity contribution >= 4 is 46.5 Å². The van der Waals surface area contributed by atoms with Gasteiger partial charge in [0.15, 0.2) is 11.3 Å². The zero-order valence-electron chi connectivity index (χ0n) is 16.4. The van der Waals surface area contributed by atoms with Crippen molar-refractivity contribution in [3.05, 3.63) is 47.2 Å². The average Bonchev–Trinajstić information content (AvgIpc) is 2.79. The van der Waals surface area contributed by atoms with E-state index < -0.39 is 35.3 Å². The number of carbonyl (C=O) groups is 3. The number of fused-ring (bicyclic) bond motifs is 1. The molecule has 3 rings (SSSR count). The molecule has 11 nitrogen and oxygen atoms in total. The molecular formula is C18H22N6O5S2. The number of nitrogens with zero attached hydrogens (tertiary/aromatic N) is 2. The number of aliphatic imine (C=N–C) groups is 1. The maximum atomic E-state index is 12.7. The molecule has 2 aliphatic rings. The van der Waals surface area contributed by atoms with Crippen LogP contribution in [0, 0.1) is 0 Å². The van der Waals surface area contributed by atoms with Gasteiger partial charge in [-0.25, -0.2) is 4.79 Å². The Labute approximate surface area is 186 Å². The van der Waals surface area contributed by atoms with Gasteiger partial charge in [-0.1, -0.05) is 42.1 Å². The monoisotopic (exact) mass is 466 g/mol. The standard InChI is InChI=1S/C18H22N6O5S2/c1-20-18(22-23-19)31-8-10-7-30-16-11(15(27)24(16)12(10)17(28)29)21-14(26)13(25)9-5-3-2-4-6-9/h2-6,11,13,16,23,25H,7-8,19H2,1H3,(H,20,22)(H,21,26)(H,28,29). The van der Waals surface area contributed by atoms with Crippen molar-refractivity contribution in [3.8, 4) is 0 Å². The number of aliphatic hydroxyl groups excluding tert-OH is 1. The fraction of sp³-hybridized carbons (Fsp3) is 0.333. The van der Waals surface area contributed by atoms with E-state index in [4.69, 9.17) is 5.84 Å². The van der Waals surface area contributed by atoms with Gasteiger partial charge in [-0.05, 0) is 11.1 Å². The summed E-state index contributed by atoms with van der Waals surface area (Å²) in [7, 11) is 1.56. The second-order valence-electron chi connectivity index (χ2n) is 6.55. The summed E-state index contributed by atoms with van der Waals surface area (Å²) < 4.78 is 0. The summed E-state index contributed by atoms with van der Waals surface area (Å²) in [6.45, 7) is 0. The minimum absolute atomic E-state index is 0.0912. The lowest BCUT2D eigenvalue weighted by Gasteiger charge is -2.49. The summed E-state index contributed by atoms with van der Waals surface area (Å²) in [5, 5.41) is 22.4. The Hall–Kier alpha value is -2.58. The number of nitrogens with two attached hydrogens (primary N) is 1. The van der Waals surface area contributed by atoms with Gasteiger partial charge < -0.3 is 15.5 Å². The Balaban J connectivity index is 1.70. The number of hydrazine groups is 2. The molecule has 0 bridgehead atoms. The van der Waals surface area contributed by atoms with Crippen LogP contribution in [0.2, 0.25) is 0 Å². The van der Waals surface area contributed by atoms with Crippen LogP contribution in [-0.2, 0) is 14.4 Å².